The van der Waals surface area contributed by atoms with Gasteiger partial charge in [-0.05, 0) is 18.0 Å². The summed E-state index contributed by atoms with van der Waals surface area (Å²) in [5.74, 6) is 0.694. The minimum atomic E-state index is -2.92. The summed E-state index contributed by atoms with van der Waals surface area (Å²) in [6, 6.07) is -0.154. The van der Waals surface area contributed by atoms with Crippen LogP contribution in [0.25, 0.3) is 0 Å². The van der Waals surface area contributed by atoms with Crippen molar-refractivity contribution in [2.45, 2.75) is 12.5 Å². The Labute approximate surface area is 98.1 Å². The number of nitrogen functional groups attached to an aromatic ring is 1. The third kappa shape index (κ3) is 2.53. The topological polar surface area (TPSA) is 98.0 Å². The summed E-state index contributed by atoms with van der Waals surface area (Å²) in [5.41, 5.74) is 5.99. The fourth-order valence-corrected chi connectivity index (χ4v) is 3.39. The summed E-state index contributed by atoms with van der Waals surface area (Å²) in [6.45, 7) is 0. The Bertz CT molecular complexity index is 505. The predicted octanol–water partition coefficient (Wildman–Crippen LogP) is 0.311. The maximum atomic E-state index is 11.3. The molecule has 1 unspecified atom stereocenters. The fraction of sp³-hybridized carbons (Fsp3) is 0.500. The van der Waals surface area contributed by atoms with Gasteiger partial charge in [-0.1, -0.05) is 0 Å². The number of hydrogen-bond acceptors (Lipinski definition) is 6. The SMILES string of the molecule is Nc1cnc(Cl)nc1NC1CCS(=O)(=O)C1. The van der Waals surface area contributed by atoms with Crippen LogP contribution in [0, 0.1) is 0 Å². The van der Waals surface area contributed by atoms with E-state index in [-0.39, 0.29) is 22.8 Å². The lowest BCUT2D eigenvalue weighted by Gasteiger charge is -2.12. The van der Waals surface area contributed by atoms with Gasteiger partial charge in [0.2, 0.25) is 5.28 Å². The van der Waals surface area contributed by atoms with Crippen LogP contribution in [0.15, 0.2) is 6.20 Å². The van der Waals surface area contributed by atoms with Crippen LogP contribution in [0.4, 0.5) is 11.5 Å². The maximum Gasteiger partial charge on any atom is 0.224 e. The van der Waals surface area contributed by atoms with Gasteiger partial charge < -0.3 is 11.1 Å². The van der Waals surface area contributed by atoms with Crippen LogP contribution in [-0.4, -0.2) is 35.9 Å². The highest BCUT2D eigenvalue weighted by molar-refractivity contribution is 7.91. The molecule has 6 nitrogen and oxygen atoms in total. The lowest BCUT2D eigenvalue weighted by atomic mass is 10.2. The second kappa shape index (κ2) is 4.06. The first kappa shape index (κ1) is 11.4. The molecule has 0 aromatic carbocycles. The van der Waals surface area contributed by atoms with E-state index in [1.807, 2.05) is 0 Å². The molecule has 1 aliphatic rings. The van der Waals surface area contributed by atoms with Crippen molar-refractivity contribution in [3.63, 3.8) is 0 Å². The van der Waals surface area contributed by atoms with Gasteiger partial charge in [-0.15, -0.1) is 0 Å². The number of rotatable bonds is 2. The average Bonchev–Trinajstić information content (AvgIpc) is 2.52. The number of nitrogens with zero attached hydrogens (tertiary/aromatic N) is 2. The molecule has 1 aromatic rings. The van der Waals surface area contributed by atoms with Crippen LogP contribution < -0.4 is 11.1 Å². The summed E-state index contributed by atoms with van der Waals surface area (Å²) < 4.78 is 22.5. The van der Waals surface area contributed by atoms with Crippen LogP contribution in [0.1, 0.15) is 6.42 Å². The summed E-state index contributed by atoms with van der Waals surface area (Å²) in [6.07, 6.45) is 1.95. The van der Waals surface area contributed by atoms with E-state index >= 15 is 0 Å². The molecule has 1 saturated heterocycles. The predicted molar refractivity (Wildman–Crippen MR) is 62.1 cm³/mol. The summed E-state index contributed by atoms with van der Waals surface area (Å²) in [4.78, 5) is 7.62. The van der Waals surface area contributed by atoms with Gasteiger partial charge in [-0.25, -0.2) is 13.4 Å². The van der Waals surface area contributed by atoms with Gasteiger partial charge in [-0.2, -0.15) is 4.98 Å². The van der Waals surface area contributed by atoms with Crippen LogP contribution in [0.2, 0.25) is 5.28 Å². The molecule has 3 N–H and O–H groups in total. The molecule has 1 aromatic heterocycles. The van der Waals surface area contributed by atoms with Crippen molar-refractivity contribution in [3.05, 3.63) is 11.5 Å². The van der Waals surface area contributed by atoms with Crippen LogP contribution in [-0.2, 0) is 9.84 Å². The Balaban J connectivity index is 2.13. The van der Waals surface area contributed by atoms with Crippen LogP contribution >= 0.6 is 11.6 Å². The molecule has 0 spiro atoms. The molecular weight excluding hydrogens is 252 g/mol. The van der Waals surface area contributed by atoms with Crippen LogP contribution in [0.3, 0.4) is 0 Å². The number of nitrogens with two attached hydrogens (primary N) is 1. The van der Waals surface area contributed by atoms with Gasteiger partial charge >= 0.3 is 0 Å². The Kier molecular flexibility index (Phi) is 2.90. The molecule has 16 heavy (non-hydrogen) atoms. The number of sulfone groups is 1. The number of hydrogen-bond donors (Lipinski definition) is 2. The van der Waals surface area contributed by atoms with Gasteiger partial charge in [0.15, 0.2) is 15.7 Å². The number of aromatic nitrogens is 2. The van der Waals surface area contributed by atoms with E-state index in [0.29, 0.717) is 17.9 Å². The van der Waals surface area contributed by atoms with Crippen molar-refractivity contribution in [2.24, 2.45) is 0 Å². The minimum Gasteiger partial charge on any atom is -0.394 e. The smallest absolute Gasteiger partial charge is 0.224 e. The Morgan fingerprint density at radius 3 is 2.94 bits per heavy atom. The number of halogens is 1. The average molecular weight is 263 g/mol. The zero-order valence-electron chi connectivity index (χ0n) is 8.35. The summed E-state index contributed by atoms with van der Waals surface area (Å²) >= 11 is 5.62. The van der Waals surface area contributed by atoms with Gasteiger partial charge in [0.25, 0.3) is 0 Å². The fourth-order valence-electron chi connectivity index (χ4n) is 1.59. The highest BCUT2D eigenvalue weighted by Crippen LogP contribution is 2.21. The van der Waals surface area contributed by atoms with Gasteiger partial charge in [0.1, 0.15) is 0 Å². The summed E-state index contributed by atoms with van der Waals surface area (Å²) in [5, 5.41) is 3.05. The molecule has 1 aliphatic heterocycles. The van der Waals surface area contributed by atoms with E-state index in [0.717, 1.165) is 0 Å². The minimum absolute atomic E-state index is 0.0811. The number of nitrogens with one attached hydrogen (secondary N) is 1. The van der Waals surface area contributed by atoms with Crippen LogP contribution in [0.5, 0.6) is 0 Å². The third-order valence-corrected chi connectivity index (χ3v) is 4.31. The molecule has 0 saturated carbocycles. The molecular formula is C8H11ClN4O2S. The third-order valence-electron chi connectivity index (χ3n) is 2.36. The van der Waals surface area contributed by atoms with Crippen molar-refractivity contribution in [1.82, 2.24) is 9.97 Å². The van der Waals surface area contributed by atoms with Crippen molar-refractivity contribution in [3.8, 4) is 0 Å². The molecule has 0 aliphatic carbocycles. The van der Waals surface area contributed by atoms with Gasteiger partial charge in [-0.3, -0.25) is 0 Å². The normalized spacial score (nSPS) is 23.2. The highest BCUT2D eigenvalue weighted by Gasteiger charge is 2.28. The van der Waals surface area contributed by atoms with E-state index in [4.69, 9.17) is 17.3 Å². The summed E-state index contributed by atoms with van der Waals surface area (Å²) in [7, 11) is -2.92. The number of anilines is 2. The zero-order chi connectivity index (χ0) is 11.8. The maximum absolute atomic E-state index is 11.3. The van der Waals surface area contributed by atoms with Crippen molar-refractivity contribution in [2.75, 3.05) is 22.6 Å². The molecule has 0 amide bonds. The Hall–Kier alpha value is -1.08. The molecule has 2 heterocycles. The lowest BCUT2D eigenvalue weighted by Crippen LogP contribution is -2.22. The monoisotopic (exact) mass is 262 g/mol. The first-order chi connectivity index (χ1) is 7.46. The van der Waals surface area contributed by atoms with Crippen molar-refractivity contribution in [1.29, 1.82) is 0 Å². The molecule has 1 fully saturated rings. The van der Waals surface area contributed by atoms with E-state index in [2.05, 4.69) is 15.3 Å². The van der Waals surface area contributed by atoms with E-state index < -0.39 is 9.84 Å². The van der Waals surface area contributed by atoms with Gasteiger partial charge in [0, 0.05) is 6.04 Å². The first-order valence-electron chi connectivity index (χ1n) is 4.71. The largest absolute Gasteiger partial charge is 0.394 e. The lowest BCUT2D eigenvalue weighted by molar-refractivity contribution is 0.602. The van der Waals surface area contributed by atoms with Crippen molar-refractivity contribution < 1.29 is 8.42 Å². The quantitative estimate of drug-likeness (QED) is 0.745. The molecule has 1 atom stereocenters. The van der Waals surface area contributed by atoms with E-state index in [1.165, 1.54) is 6.20 Å². The van der Waals surface area contributed by atoms with Gasteiger partial charge in [0.05, 0.1) is 23.4 Å². The molecule has 2 rings (SSSR count). The first-order valence-corrected chi connectivity index (χ1v) is 6.91. The molecule has 8 heteroatoms. The standard InChI is InChI=1S/C8H11ClN4O2S/c9-8-11-3-6(10)7(13-8)12-5-1-2-16(14,15)4-5/h3,5H,1-2,4,10H2,(H,11,12,13). The Morgan fingerprint density at radius 2 is 2.31 bits per heavy atom. The second-order valence-electron chi connectivity index (χ2n) is 3.69. The Morgan fingerprint density at radius 1 is 1.56 bits per heavy atom. The van der Waals surface area contributed by atoms with E-state index in [1.54, 1.807) is 0 Å². The molecule has 88 valence electrons. The molecule has 0 bridgehead atoms. The molecule has 0 radical (unpaired) electrons. The second-order valence-corrected chi connectivity index (χ2v) is 6.25. The van der Waals surface area contributed by atoms with Crippen molar-refractivity contribution >= 4 is 32.9 Å². The van der Waals surface area contributed by atoms with E-state index in [9.17, 15) is 8.42 Å². The zero-order valence-corrected chi connectivity index (χ0v) is 9.92. The highest BCUT2D eigenvalue weighted by atomic mass is 35.5.